The molecule has 3 unspecified atom stereocenters. The molecule has 0 amide bonds. The third kappa shape index (κ3) is 5.00. The molecule has 1 aliphatic rings. The van der Waals surface area contributed by atoms with Crippen molar-refractivity contribution in [2.24, 2.45) is 11.3 Å². The minimum Gasteiger partial charge on any atom is -0.311 e. The van der Waals surface area contributed by atoms with Gasteiger partial charge in [0.2, 0.25) is 0 Å². The van der Waals surface area contributed by atoms with Crippen molar-refractivity contribution in [2.75, 3.05) is 0 Å². The van der Waals surface area contributed by atoms with Crippen LogP contribution >= 0.6 is 11.6 Å². The van der Waals surface area contributed by atoms with Crippen molar-refractivity contribution < 1.29 is 0 Å². The van der Waals surface area contributed by atoms with E-state index in [1.54, 1.807) is 0 Å². The van der Waals surface area contributed by atoms with Gasteiger partial charge in [-0.25, -0.2) is 0 Å². The van der Waals surface area contributed by atoms with Gasteiger partial charge in [0.25, 0.3) is 0 Å². The van der Waals surface area contributed by atoms with Crippen molar-refractivity contribution >= 4 is 11.6 Å². The van der Waals surface area contributed by atoms with E-state index in [1.807, 2.05) is 12.1 Å². The van der Waals surface area contributed by atoms with E-state index in [-0.39, 0.29) is 0 Å². The van der Waals surface area contributed by atoms with Crippen LogP contribution in [0.3, 0.4) is 0 Å². The lowest BCUT2D eigenvalue weighted by molar-refractivity contribution is 0.124. The van der Waals surface area contributed by atoms with E-state index in [0.29, 0.717) is 17.5 Å². The molecule has 1 N–H and O–H groups in total. The van der Waals surface area contributed by atoms with Crippen LogP contribution in [0.15, 0.2) is 24.3 Å². The summed E-state index contributed by atoms with van der Waals surface area (Å²) in [5, 5.41) is 4.74. The Morgan fingerprint density at radius 3 is 2.62 bits per heavy atom. The smallest absolute Gasteiger partial charge is 0.0408 e. The summed E-state index contributed by atoms with van der Waals surface area (Å²) in [5.41, 5.74) is 1.72. The highest BCUT2D eigenvalue weighted by atomic mass is 35.5. The summed E-state index contributed by atoms with van der Waals surface area (Å²) in [5.74, 6) is 0.785. The fourth-order valence-corrected chi connectivity index (χ4v) is 4.02. The minimum atomic E-state index is 0.397. The molecule has 1 aliphatic carbocycles. The summed E-state index contributed by atoms with van der Waals surface area (Å²) in [6, 6.07) is 9.40. The maximum atomic E-state index is 6.08. The van der Waals surface area contributed by atoms with Crippen molar-refractivity contribution in [1.82, 2.24) is 5.32 Å². The fraction of sp³-hybridized carbons (Fsp3) is 0.684. The SMILES string of the molecule is CC(Cc1cccc(Cl)c1)NC1CCCCC1C(C)(C)C. The molecule has 118 valence electrons. The van der Waals surface area contributed by atoms with Crippen LogP contribution in [0.5, 0.6) is 0 Å². The first-order valence-corrected chi connectivity index (χ1v) is 8.74. The van der Waals surface area contributed by atoms with Gasteiger partial charge in [0, 0.05) is 17.1 Å². The second-order valence-electron chi connectivity index (χ2n) is 7.77. The number of hydrogen-bond donors (Lipinski definition) is 1. The molecule has 1 nitrogen and oxygen atoms in total. The van der Waals surface area contributed by atoms with Gasteiger partial charge in [-0.3, -0.25) is 0 Å². The molecule has 0 heterocycles. The van der Waals surface area contributed by atoms with E-state index in [9.17, 15) is 0 Å². The average Bonchev–Trinajstić information content (AvgIpc) is 2.37. The molecule has 0 bridgehead atoms. The zero-order chi connectivity index (χ0) is 15.5. The summed E-state index contributed by atoms with van der Waals surface area (Å²) < 4.78 is 0. The molecule has 0 radical (unpaired) electrons. The topological polar surface area (TPSA) is 12.0 Å². The van der Waals surface area contributed by atoms with Crippen molar-refractivity contribution in [1.29, 1.82) is 0 Å². The van der Waals surface area contributed by atoms with Gasteiger partial charge in [0.05, 0.1) is 0 Å². The highest BCUT2D eigenvalue weighted by molar-refractivity contribution is 6.30. The quantitative estimate of drug-likeness (QED) is 0.778. The monoisotopic (exact) mass is 307 g/mol. The molecule has 2 rings (SSSR count). The number of nitrogens with one attached hydrogen (secondary N) is 1. The normalized spacial score (nSPS) is 24.8. The summed E-state index contributed by atoms with van der Waals surface area (Å²) in [6.07, 6.45) is 6.50. The van der Waals surface area contributed by atoms with Crippen LogP contribution in [0.1, 0.15) is 58.9 Å². The molecule has 2 heteroatoms. The lowest BCUT2D eigenvalue weighted by Crippen LogP contribution is -2.48. The second kappa shape index (κ2) is 7.15. The first kappa shape index (κ1) is 16.8. The molecular weight excluding hydrogens is 278 g/mol. The van der Waals surface area contributed by atoms with E-state index in [0.717, 1.165) is 17.4 Å². The van der Waals surface area contributed by atoms with Crippen molar-refractivity contribution in [3.05, 3.63) is 34.9 Å². The molecule has 0 aliphatic heterocycles. The van der Waals surface area contributed by atoms with Crippen LogP contribution in [-0.2, 0) is 6.42 Å². The maximum absolute atomic E-state index is 6.08. The van der Waals surface area contributed by atoms with Gasteiger partial charge >= 0.3 is 0 Å². The number of hydrogen-bond acceptors (Lipinski definition) is 1. The van der Waals surface area contributed by atoms with Gasteiger partial charge in [-0.2, -0.15) is 0 Å². The largest absolute Gasteiger partial charge is 0.311 e. The van der Waals surface area contributed by atoms with Crippen molar-refractivity contribution in [3.8, 4) is 0 Å². The summed E-state index contributed by atoms with van der Waals surface area (Å²) in [6.45, 7) is 9.47. The van der Waals surface area contributed by atoms with Crippen LogP contribution in [-0.4, -0.2) is 12.1 Å². The van der Waals surface area contributed by atoms with Gasteiger partial charge in [0.1, 0.15) is 0 Å². The lowest BCUT2D eigenvalue weighted by atomic mass is 9.69. The molecule has 1 aromatic rings. The first-order chi connectivity index (χ1) is 9.86. The van der Waals surface area contributed by atoms with Crippen molar-refractivity contribution in [3.63, 3.8) is 0 Å². The van der Waals surface area contributed by atoms with E-state index in [4.69, 9.17) is 11.6 Å². The molecule has 3 atom stereocenters. The molecule has 1 saturated carbocycles. The first-order valence-electron chi connectivity index (χ1n) is 8.37. The Balaban J connectivity index is 1.95. The number of rotatable bonds is 4. The van der Waals surface area contributed by atoms with Gasteiger partial charge < -0.3 is 5.32 Å². The second-order valence-corrected chi connectivity index (χ2v) is 8.20. The fourth-order valence-electron chi connectivity index (χ4n) is 3.81. The van der Waals surface area contributed by atoms with Crippen molar-refractivity contribution in [2.45, 2.75) is 71.9 Å². The number of benzene rings is 1. The predicted molar refractivity (Wildman–Crippen MR) is 93.0 cm³/mol. The molecule has 0 spiro atoms. The zero-order valence-corrected chi connectivity index (χ0v) is 14.7. The Labute approximate surface area is 135 Å². The molecule has 21 heavy (non-hydrogen) atoms. The summed E-state index contributed by atoms with van der Waals surface area (Å²) in [7, 11) is 0. The highest BCUT2D eigenvalue weighted by Gasteiger charge is 2.34. The molecule has 1 aromatic carbocycles. The highest BCUT2D eigenvalue weighted by Crippen LogP contribution is 2.38. The third-order valence-corrected chi connectivity index (χ3v) is 5.04. The lowest BCUT2D eigenvalue weighted by Gasteiger charge is -2.42. The van der Waals surface area contributed by atoms with Crippen LogP contribution in [0.25, 0.3) is 0 Å². The summed E-state index contributed by atoms with van der Waals surface area (Å²) >= 11 is 6.08. The van der Waals surface area contributed by atoms with Crippen LogP contribution in [0, 0.1) is 11.3 Å². The van der Waals surface area contributed by atoms with E-state index < -0.39 is 0 Å². The molecular formula is C19H30ClN. The van der Waals surface area contributed by atoms with Gasteiger partial charge in [-0.1, -0.05) is 57.3 Å². The third-order valence-electron chi connectivity index (χ3n) is 4.81. The Kier molecular flexibility index (Phi) is 5.73. The standard InChI is InChI=1S/C19H30ClN/c1-14(12-15-8-7-9-16(20)13-15)21-18-11-6-5-10-17(18)19(2,3)4/h7-9,13-14,17-18,21H,5-6,10-12H2,1-4H3. The van der Waals surface area contributed by atoms with Gasteiger partial charge in [-0.15, -0.1) is 0 Å². The van der Waals surface area contributed by atoms with E-state index in [2.05, 4.69) is 45.1 Å². The Morgan fingerprint density at radius 1 is 1.24 bits per heavy atom. The molecule has 0 aromatic heterocycles. The minimum absolute atomic E-state index is 0.397. The summed E-state index contributed by atoms with van der Waals surface area (Å²) in [4.78, 5) is 0. The predicted octanol–water partition coefficient (Wildman–Crippen LogP) is 5.47. The van der Waals surface area contributed by atoms with Crippen LogP contribution in [0.4, 0.5) is 0 Å². The Morgan fingerprint density at radius 2 is 1.95 bits per heavy atom. The molecule has 1 fully saturated rings. The van der Waals surface area contributed by atoms with Gasteiger partial charge in [-0.05, 0) is 55.2 Å². The maximum Gasteiger partial charge on any atom is 0.0408 e. The van der Waals surface area contributed by atoms with Gasteiger partial charge in [0.15, 0.2) is 0 Å². The number of halogens is 1. The van der Waals surface area contributed by atoms with E-state index >= 15 is 0 Å². The van der Waals surface area contributed by atoms with Crippen LogP contribution in [0.2, 0.25) is 5.02 Å². The Hall–Kier alpha value is -0.530. The Bertz CT molecular complexity index is 449. The van der Waals surface area contributed by atoms with E-state index in [1.165, 1.54) is 31.2 Å². The zero-order valence-electron chi connectivity index (χ0n) is 14.0. The van der Waals surface area contributed by atoms with Crippen LogP contribution < -0.4 is 5.32 Å². The molecule has 0 saturated heterocycles. The average molecular weight is 308 g/mol.